The van der Waals surface area contributed by atoms with Gasteiger partial charge in [-0.25, -0.2) is 9.59 Å². The average Bonchev–Trinajstić information content (AvgIpc) is 3.01. The lowest BCUT2D eigenvalue weighted by Crippen LogP contribution is -2.43. The fourth-order valence-corrected chi connectivity index (χ4v) is 4.88. The molecule has 1 fully saturated rings. The summed E-state index contributed by atoms with van der Waals surface area (Å²) in [4.78, 5) is 53.5. The van der Waals surface area contributed by atoms with E-state index in [1.807, 2.05) is 72.8 Å². The fraction of sp³-hybridized carbons (Fsp3) is 0.222. The van der Waals surface area contributed by atoms with Gasteiger partial charge in [0.15, 0.2) is 0 Å². The van der Waals surface area contributed by atoms with Gasteiger partial charge in [0.2, 0.25) is 0 Å². The molecule has 0 bridgehead atoms. The number of nitrogens with zero attached hydrogens (tertiary/aromatic N) is 2. The molecule has 2 unspecified atom stereocenters. The third-order valence-electron chi connectivity index (χ3n) is 7.47. The maximum atomic E-state index is 12.8. The number of carbonyl (C=O) groups is 4. The highest BCUT2D eigenvalue weighted by molar-refractivity contribution is 5.93. The zero-order valence-corrected chi connectivity index (χ0v) is 25.5. The van der Waals surface area contributed by atoms with Crippen molar-refractivity contribution >= 4 is 24.1 Å². The summed E-state index contributed by atoms with van der Waals surface area (Å²) >= 11 is 0. The molecule has 10 heteroatoms. The Kier molecular flexibility index (Phi) is 10.3. The monoisotopic (exact) mass is 622 g/mol. The molecule has 0 spiro atoms. The molecule has 0 heterocycles. The van der Waals surface area contributed by atoms with E-state index in [2.05, 4.69) is 0 Å². The summed E-state index contributed by atoms with van der Waals surface area (Å²) in [7, 11) is 3.01. The summed E-state index contributed by atoms with van der Waals surface area (Å²) in [6.07, 6.45) is -1.03. The van der Waals surface area contributed by atoms with Gasteiger partial charge < -0.3 is 28.7 Å². The molecule has 5 rings (SSSR count). The Labute approximate surface area is 267 Å². The van der Waals surface area contributed by atoms with Crippen LogP contribution in [0.2, 0.25) is 0 Å². The highest BCUT2D eigenvalue weighted by Gasteiger charge is 2.45. The number of para-hydroxylation sites is 2. The molecular formula is C36H34N2O8. The van der Waals surface area contributed by atoms with E-state index in [0.29, 0.717) is 35.8 Å². The van der Waals surface area contributed by atoms with Gasteiger partial charge >= 0.3 is 24.1 Å². The molecule has 0 aliphatic heterocycles. The molecular weight excluding hydrogens is 588 g/mol. The fourth-order valence-electron chi connectivity index (χ4n) is 4.88. The van der Waals surface area contributed by atoms with Gasteiger partial charge in [-0.3, -0.25) is 9.59 Å². The van der Waals surface area contributed by atoms with Crippen LogP contribution in [0.1, 0.15) is 24.0 Å². The number of amides is 2. The molecule has 1 aliphatic carbocycles. The average molecular weight is 623 g/mol. The summed E-state index contributed by atoms with van der Waals surface area (Å²) in [5, 5.41) is 0. The first kappa shape index (κ1) is 31.8. The topological polar surface area (TPSA) is 112 Å². The quantitative estimate of drug-likeness (QED) is 0.135. The van der Waals surface area contributed by atoms with E-state index in [1.165, 1.54) is 23.9 Å². The molecule has 4 aromatic carbocycles. The largest absolute Gasteiger partial charge is 0.457 e. The van der Waals surface area contributed by atoms with Gasteiger partial charge in [-0.05, 0) is 72.5 Å². The molecule has 0 aromatic heterocycles. The van der Waals surface area contributed by atoms with E-state index < -0.39 is 36.0 Å². The molecule has 1 saturated carbocycles. The van der Waals surface area contributed by atoms with Crippen LogP contribution in [0.25, 0.3) is 0 Å². The summed E-state index contributed by atoms with van der Waals surface area (Å²) in [5.74, 6) is -0.857. The van der Waals surface area contributed by atoms with Crippen LogP contribution in [0.3, 0.4) is 0 Å². The normalized spacial score (nSPS) is 15.1. The lowest BCUT2D eigenvalue weighted by Gasteiger charge is -2.32. The van der Waals surface area contributed by atoms with Gasteiger partial charge in [0, 0.05) is 27.2 Å². The van der Waals surface area contributed by atoms with Crippen LogP contribution in [0, 0.1) is 11.8 Å². The van der Waals surface area contributed by atoms with Gasteiger partial charge in [-0.15, -0.1) is 0 Å². The molecule has 1 aliphatic rings. The number of carbonyl (C=O) groups excluding carboxylic acids is 4. The Morgan fingerprint density at radius 3 is 1.28 bits per heavy atom. The number of ether oxygens (including phenoxy) is 4. The molecule has 2 atom stereocenters. The van der Waals surface area contributed by atoms with Crippen molar-refractivity contribution in [3.8, 4) is 23.0 Å². The summed E-state index contributed by atoms with van der Waals surface area (Å²) < 4.78 is 21.9. The van der Waals surface area contributed by atoms with Crippen molar-refractivity contribution in [1.82, 2.24) is 9.80 Å². The van der Waals surface area contributed by atoms with Crippen LogP contribution in [0.5, 0.6) is 23.0 Å². The number of rotatable bonds is 10. The molecule has 10 nitrogen and oxygen atoms in total. The molecule has 4 aromatic rings. The van der Waals surface area contributed by atoms with Crippen molar-refractivity contribution in [3.63, 3.8) is 0 Å². The van der Waals surface area contributed by atoms with Crippen molar-refractivity contribution in [3.05, 3.63) is 120 Å². The van der Waals surface area contributed by atoms with E-state index in [4.69, 9.17) is 18.9 Å². The number of hydrogen-bond donors (Lipinski definition) is 0. The van der Waals surface area contributed by atoms with Crippen LogP contribution in [0.4, 0.5) is 9.59 Å². The minimum absolute atomic E-state index is 0.163. The number of hydrogen-bond acceptors (Lipinski definition) is 8. The SMILES string of the molecule is CN(Cc1cccc(Oc2ccccc2)c1)C(=O)OC(=O)C1CCC1C(=O)OC(=O)N(C)Cc1cccc(Oc2ccccc2)c1. The molecule has 0 saturated heterocycles. The maximum absolute atomic E-state index is 12.8. The lowest BCUT2D eigenvalue weighted by atomic mass is 9.74. The summed E-state index contributed by atoms with van der Waals surface area (Å²) in [6.45, 7) is 0.326. The second-order valence-electron chi connectivity index (χ2n) is 11.0. The van der Waals surface area contributed by atoms with Gasteiger partial charge in [-0.2, -0.15) is 0 Å². The van der Waals surface area contributed by atoms with Crippen LogP contribution in [0.15, 0.2) is 109 Å². The Bertz CT molecular complexity index is 1550. The molecule has 236 valence electrons. The van der Waals surface area contributed by atoms with E-state index in [-0.39, 0.29) is 13.1 Å². The predicted octanol–water partition coefficient (Wildman–Crippen LogP) is 7.19. The minimum atomic E-state index is -0.877. The van der Waals surface area contributed by atoms with Gasteiger partial charge in [0.1, 0.15) is 23.0 Å². The standard InChI is InChI=1S/C36H34N2O8/c1-37(23-25-11-9-17-29(21-25)43-27-13-5-3-6-14-27)35(41)45-33(39)31-19-20-32(31)34(40)46-36(42)38(2)24-26-12-10-18-30(22-26)44-28-15-7-4-8-16-28/h3-18,21-22,31-32H,19-20,23-24H2,1-2H3. The highest BCUT2D eigenvalue weighted by atomic mass is 16.6. The van der Waals surface area contributed by atoms with Crippen molar-refractivity contribution in [1.29, 1.82) is 0 Å². The smallest absolute Gasteiger partial charge is 0.417 e. The second-order valence-corrected chi connectivity index (χ2v) is 11.0. The number of esters is 2. The van der Waals surface area contributed by atoms with E-state index >= 15 is 0 Å². The first-order valence-electron chi connectivity index (χ1n) is 14.8. The van der Waals surface area contributed by atoms with Crippen molar-refractivity contribution in [2.45, 2.75) is 25.9 Å². The van der Waals surface area contributed by atoms with Gasteiger partial charge in [0.25, 0.3) is 0 Å². The lowest BCUT2D eigenvalue weighted by molar-refractivity contribution is -0.161. The van der Waals surface area contributed by atoms with Crippen molar-refractivity contribution in [2.75, 3.05) is 14.1 Å². The highest BCUT2D eigenvalue weighted by Crippen LogP contribution is 2.36. The van der Waals surface area contributed by atoms with E-state index in [0.717, 1.165) is 11.1 Å². The Morgan fingerprint density at radius 1 is 0.543 bits per heavy atom. The Morgan fingerprint density at radius 2 is 0.913 bits per heavy atom. The first-order valence-corrected chi connectivity index (χ1v) is 14.8. The zero-order chi connectivity index (χ0) is 32.5. The van der Waals surface area contributed by atoms with E-state index in [9.17, 15) is 19.2 Å². The second kappa shape index (κ2) is 14.9. The van der Waals surface area contributed by atoms with Crippen molar-refractivity contribution < 1.29 is 38.1 Å². The Hall–Kier alpha value is -5.64. The molecule has 0 N–H and O–H groups in total. The summed E-state index contributed by atoms with van der Waals surface area (Å²) in [6, 6.07) is 33.0. The van der Waals surface area contributed by atoms with E-state index in [1.54, 1.807) is 36.4 Å². The van der Waals surface area contributed by atoms with Gasteiger partial charge in [0.05, 0.1) is 11.8 Å². The third-order valence-corrected chi connectivity index (χ3v) is 7.47. The third kappa shape index (κ3) is 8.50. The van der Waals surface area contributed by atoms with Crippen LogP contribution in [-0.2, 0) is 32.2 Å². The van der Waals surface area contributed by atoms with Crippen molar-refractivity contribution in [2.24, 2.45) is 11.8 Å². The van der Waals surface area contributed by atoms with Crippen LogP contribution in [-0.4, -0.2) is 48.0 Å². The molecule has 46 heavy (non-hydrogen) atoms. The maximum Gasteiger partial charge on any atom is 0.417 e. The van der Waals surface area contributed by atoms with Crippen LogP contribution >= 0.6 is 0 Å². The minimum Gasteiger partial charge on any atom is -0.457 e. The molecule has 0 radical (unpaired) electrons. The van der Waals surface area contributed by atoms with Gasteiger partial charge in [-0.1, -0.05) is 60.7 Å². The molecule has 2 amide bonds. The Balaban J connectivity index is 1.08. The van der Waals surface area contributed by atoms with Crippen LogP contribution < -0.4 is 9.47 Å². The zero-order valence-electron chi connectivity index (χ0n) is 25.5. The first-order chi connectivity index (χ1) is 22.2. The summed E-state index contributed by atoms with van der Waals surface area (Å²) in [5.41, 5.74) is 1.53. The number of benzene rings is 4. The predicted molar refractivity (Wildman–Crippen MR) is 168 cm³/mol.